The zero-order valence-electron chi connectivity index (χ0n) is 25.2. The predicted octanol–water partition coefficient (Wildman–Crippen LogP) is 9.43. The Hall–Kier alpha value is -3.79. The Morgan fingerprint density at radius 1 is 0.846 bits per heavy atom. The van der Waals surface area contributed by atoms with Crippen molar-refractivity contribution in [3.05, 3.63) is 118 Å². The van der Waals surface area contributed by atoms with Crippen molar-refractivity contribution in [2.24, 2.45) is 0 Å². The number of fused-ring (bicyclic) bond motifs is 1. The Labute approximate surface area is 235 Å². The maximum absolute atomic E-state index is 13.4. The second-order valence-electron chi connectivity index (χ2n) is 8.45. The SMILES string of the molecule is C/C=C(/c1cc(C(=O)NCc2cccc(CC)c2)c2cc(C)ccc2n1)c1ccccc1C.CC.CC.CF. The molecule has 0 spiro atoms. The lowest BCUT2D eigenvalue weighted by Gasteiger charge is -2.15. The maximum atomic E-state index is 13.4. The number of rotatable bonds is 6. The lowest BCUT2D eigenvalue weighted by atomic mass is 9.95. The van der Waals surface area contributed by atoms with Crippen LogP contribution in [-0.2, 0) is 13.0 Å². The molecule has 0 fully saturated rings. The zero-order valence-corrected chi connectivity index (χ0v) is 25.2. The van der Waals surface area contributed by atoms with Crippen LogP contribution < -0.4 is 5.32 Å². The smallest absolute Gasteiger partial charge is 0.252 e. The summed E-state index contributed by atoms with van der Waals surface area (Å²) in [5, 5.41) is 4.00. The molecule has 1 aromatic heterocycles. The first-order valence-corrected chi connectivity index (χ1v) is 13.9. The number of alkyl halides is 1. The molecule has 0 aliphatic carbocycles. The van der Waals surface area contributed by atoms with E-state index in [9.17, 15) is 9.18 Å². The number of allylic oxidation sites excluding steroid dienone is 1. The van der Waals surface area contributed by atoms with E-state index >= 15 is 0 Å². The van der Waals surface area contributed by atoms with Crippen molar-refractivity contribution >= 4 is 22.4 Å². The Bertz CT molecular complexity index is 1360. The normalized spacial score (nSPS) is 10.3. The minimum atomic E-state index is -0.0867. The number of hydrogen-bond donors (Lipinski definition) is 1. The third kappa shape index (κ3) is 8.88. The highest BCUT2D eigenvalue weighted by atomic mass is 19.1. The summed E-state index contributed by atoms with van der Waals surface area (Å²) < 4.78 is 9.50. The van der Waals surface area contributed by atoms with Crippen LogP contribution in [0.15, 0.2) is 78.9 Å². The maximum Gasteiger partial charge on any atom is 0.252 e. The summed E-state index contributed by atoms with van der Waals surface area (Å²) in [7, 11) is 0.500. The minimum Gasteiger partial charge on any atom is -0.348 e. The molecule has 0 saturated heterocycles. The van der Waals surface area contributed by atoms with Crippen LogP contribution in [-0.4, -0.2) is 18.1 Å². The number of aromatic nitrogens is 1. The highest BCUT2D eigenvalue weighted by Gasteiger charge is 2.17. The van der Waals surface area contributed by atoms with Gasteiger partial charge in [0.05, 0.1) is 24.0 Å². The standard InChI is InChI=1S/C30H30N2O.2C2H6.CH3F/c1-5-22-11-9-12-23(17-22)19-31-30(33)27-18-29(32-28-15-14-20(3)16-26(27)28)24(6-2)25-13-8-7-10-21(25)4;3*1-2/h6-18H,5,19H2,1-4H3,(H,31,33);2*1-2H3;1H3/b24-6+;;;. The van der Waals surface area contributed by atoms with Crippen molar-refractivity contribution in [1.82, 2.24) is 10.3 Å². The van der Waals surface area contributed by atoms with E-state index in [2.05, 4.69) is 55.6 Å². The lowest BCUT2D eigenvalue weighted by Crippen LogP contribution is -2.23. The van der Waals surface area contributed by atoms with Gasteiger partial charge in [-0.2, -0.15) is 0 Å². The molecule has 0 radical (unpaired) electrons. The lowest BCUT2D eigenvalue weighted by molar-refractivity contribution is 0.0952. The van der Waals surface area contributed by atoms with Gasteiger partial charge >= 0.3 is 0 Å². The summed E-state index contributed by atoms with van der Waals surface area (Å²) in [4.78, 5) is 18.3. The molecule has 0 bridgehead atoms. The third-order valence-corrected chi connectivity index (χ3v) is 6.06. The van der Waals surface area contributed by atoms with Crippen LogP contribution in [0, 0.1) is 13.8 Å². The third-order valence-electron chi connectivity index (χ3n) is 6.06. The topological polar surface area (TPSA) is 42.0 Å². The number of amides is 1. The molecule has 4 aromatic rings. The van der Waals surface area contributed by atoms with Crippen molar-refractivity contribution in [3.63, 3.8) is 0 Å². The average Bonchev–Trinajstić information content (AvgIpc) is 3.00. The Morgan fingerprint density at radius 3 is 2.15 bits per heavy atom. The first-order chi connectivity index (χ1) is 19.0. The number of nitrogens with zero attached hydrogens (tertiary/aromatic N) is 1. The Kier molecular flexibility index (Phi) is 15.1. The summed E-state index contributed by atoms with van der Waals surface area (Å²) >= 11 is 0. The number of benzene rings is 3. The highest BCUT2D eigenvalue weighted by molar-refractivity contribution is 6.07. The number of carbonyl (C=O) groups excluding carboxylic acids is 1. The number of carbonyl (C=O) groups is 1. The molecule has 0 atom stereocenters. The second kappa shape index (κ2) is 17.7. The van der Waals surface area contributed by atoms with E-state index in [1.807, 2.05) is 84.0 Å². The molecule has 4 rings (SSSR count). The van der Waals surface area contributed by atoms with Gasteiger partial charge in [0.15, 0.2) is 0 Å². The molecule has 208 valence electrons. The van der Waals surface area contributed by atoms with Gasteiger partial charge in [-0.1, -0.05) is 101 Å². The molecular formula is C35H45FN2O. The van der Waals surface area contributed by atoms with E-state index in [1.54, 1.807) is 0 Å². The first-order valence-electron chi connectivity index (χ1n) is 13.9. The molecule has 4 heteroatoms. The van der Waals surface area contributed by atoms with Crippen LogP contribution in [0.5, 0.6) is 0 Å². The van der Waals surface area contributed by atoms with E-state index in [4.69, 9.17) is 4.98 Å². The van der Waals surface area contributed by atoms with Gasteiger partial charge in [0.2, 0.25) is 0 Å². The monoisotopic (exact) mass is 528 g/mol. The van der Waals surface area contributed by atoms with Gasteiger partial charge in [0, 0.05) is 17.5 Å². The van der Waals surface area contributed by atoms with Crippen molar-refractivity contribution < 1.29 is 9.18 Å². The summed E-state index contributed by atoms with van der Waals surface area (Å²) in [5.74, 6) is -0.0867. The second-order valence-corrected chi connectivity index (χ2v) is 8.45. The fraction of sp³-hybridized carbons (Fsp3) is 0.314. The fourth-order valence-corrected chi connectivity index (χ4v) is 4.22. The minimum absolute atomic E-state index is 0.0867. The molecule has 0 unspecified atom stereocenters. The van der Waals surface area contributed by atoms with Crippen molar-refractivity contribution in [1.29, 1.82) is 0 Å². The Balaban J connectivity index is 0.00000119. The molecule has 0 aliphatic heterocycles. The first kappa shape index (κ1) is 33.2. The predicted molar refractivity (Wildman–Crippen MR) is 167 cm³/mol. The molecule has 0 aliphatic rings. The summed E-state index contributed by atoms with van der Waals surface area (Å²) in [6.45, 7) is 16.8. The molecule has 0 saturated carbocycles. The van der Waals surface area contributed by atoms with E-state index < -0.39 is 0 Å². The van der Waals surface area contributed by atoms with Crippen LogP contribution in [0.3, 0.4) is 0 Å². The quantitative estimate of drug-likeness (QED) is 0.271. The van der Waals surface area contributed by atoms with Gasteiger partial charge in [0.25, 0.3) is 5.91 Å². The van der Waals surface area contributed by atoms with E-state index in [1.165, 1.54) is 11.1 Å². The van der Waals surface area contributed by atoms with E-state index in [0.717, 1.165) is 45.3 Å². The zero-order chi connectivity index (χ0) is 29.4. The van der Waals surface area contributed by atoms with Crippen LogP contribution in [0.25, 0.3) is 16.5 Å². The van der Waals surface area contributed by atoms with Gasteiger partial charge in [-0.25, -0.2) is 4.98 Å². The van der Waals surface area contributed by atoms with Crippen LogP contribution >= 0.6 is 0 Å². The highest BCUT2D eigenvalue weighted by Crippen LogP contribution is 2.29. The van der Waals surface area contributed by atoms with Gasteiger partial charge < -0.3 is 5.32 Å². The van der Waals surface area contributed by atoms with Crippen LogP contribution in [0.4, 0.5) is 4.39 Å². The van der Waals surface area contributed by atoms with E-state index in [-0.39, 0.29) is 5.91 Å². The molecular weight excluding hydrogens is 483 g/mol. The summed E-state index contributed by atoms with van der Waals surface area (Å²) in [5.41, 5.74) is 9.09. The average molecular weight is 529 g/mol. The molecule has 1 heterocycles. The Morgan fingerprint density at radius 2 is 1.51 bits per heavy atom. The number of halogens is 1. The van der Waals surface area contributed by atoms with Gasteiger partial charge in [-0.15, -0.1) is 0 Å². The van der Waals surface area contributed by atoms with Gasteiger partial charge in [0.1, 0.15) is 0 Å². The number of nitrogens with one attached hydrogen (secondary N) is 1. The van der Waals surface area contributed by atoms with Crippen molar-refractivity contribution in [3.8, 4) is 0 Å². The summed E-state index contributed by atoms with van der Waals surface area (Å²) in [6.07, 6.45) is 3.05. The molecule has 39 heavy (non-hydrogen) atoms. The van der Waals surface area contributed by atoms with Crippen LogP contribution in [0.1, 0.15) is 85.4 Å². The molecule has 3 aromatic carbocycles. The van der Waals surface area contributed by atoms with Gasteiger partial charge in [-0.3, -0.25) is 9.18 Å². The molecule has 1 amide bonds. The van der Waals surface area contributed by atoms with Gasteiger partial charge in [-0.05, 0) is 67.6 Å². The molecule has 3 nitrogen and oxygen atoms in total. The number of hydrogen-bond acceptors (Lipinski definition) is 2. The summed E-state index contributed by atoms with van der Waals surface area (Å²) in [6, 6.07) is 24.7. The largest absolute Gasteiger partial charge is 0.348 e. The number of pyridine rings is 1. The van der Waals surface area contributed by atoms with E-state index in [0.29, 0.717) is 19.3 Å². The molecule has 1 N–H and O–H groups in total. The fourth-order valence-electron chi connectivity index (χ4n) is 4.22. The van der Waals surface area contributed by atoms with Crippen molar-refractivity contribution in [2.45, 2.75) is 68.4 Å². The number of aryl methyl sites for hydroxylation is 3. The van der Waals surface area contributed by atoms with Crippen molar-refractivity contribution in [2.75, 3.05) is 7.18 Å². The van der Waals surface area contributed by atoms with Crippen LogP contribution in [0.2, 0.25) is 0 Å².